The summed E-state index contributed by atoms with van der Waals surface area (Å²) in [6.45, 7) is 0. The lowest BCUT2D eigenvalue weighted by Crippen LogP contribution is -2.35. The first-order chi connectivity index (χ1) is 14.1. The second-order valence-electron chi connectivity index (χ2n) is 6.54. The van der Waals surface area contributed by atoms with Crippen LogP contribution in [-0.4, -0.2) is 21.9 Å². The van der Waals surface area contributed by atoms with Crippen molar-refractivity contribution in [3.63, 3.8) is 0 Å². The van der Waals surface area contributed by atoms with E-state index in [4.69, 9.17) is 11.6 Å². The van der Waals surface area contributed by atoms with Gasteiger partial charge in [-0.05, 0) is 23.6 Å². The molecule has 0 saturated heterocycles. The van der Waals surface area contributed by atoms with E-state index in [-0.39, 0.29) is 22.9 Å². The number of alkyl halides is 3. The van der Waals surface area contributed by atoms with E-state index in [0.717, 1.165) is 12.1 Å². The molecule has 0 bridgehead atoms. The summed E-state index contributed by atoms with van der Waals surface area (Å²) in [6, 6.07) is 3.18. The molecule has 0 fully saturated rings. The molecular weight excluding hydrogens is 451 g/mol. The van der Waals surface area contributed by atoms with Crippen molar-refractivity contribution in [1.82, 2.24) is 9.78 Å². The van der Waals surface area contributed by atoms with Gasteiger partial charge in [-0.15, -0.1) is 11.3 Å². The van der Waals surface area contributed by atoms with Crippen LogP contribution in [0.3, 0.4) is 0 Å². The Morgan fingerprint density at radius 3 is 2.70 bits per heavy atom. The van der Waals surface area contributed by atoms with Crippen LogP contribution >= 0.6 is 22.9 Å². The fourth-order valence-corrected chi connectivity index (χ4v) is 4.24. The van der Waals surface area contributed by atoms with Gasteiger partial charge in [0.2, 0.25) is 0 Å². The number of anilines is 2. The van der Waals surface area contributed by atoms with Gasteiger partial charge in [-0.25, -0.2) is 13.5 Å². The van der Waals surface area contributed by atoms with Gasteiger partial charge in [-0.1, -0.05) is 17.7 Å². The van der Waals surface area contributed by atoms with Crippen molar-refractivity contribution in [3.05, 3.63) is 62.9 Å². The minimum Gasteiger partial charge on any atom is -0.361 e. The van der Waals surface area contributed by atoms with Crippen molar-refractivity contribution >= 4 is 40.4 Å². The molecule has 1 amide bonds. The maximum atomic E-state index is 13.8. The molecule has 0 unspecified atom stereocenters. The van der Waals surface area contributed by atoms with Crippen molar-refractivity contribution in [3.8, 4) is 0 Å². The Labute approximate surface area is 175 Å². The SMILES string of the molecule is O=C(Nc1ccc(F)cc1F)c1nn2c(c1Cl)N[C@H](c1cccs1)C[C@@H]2C(F)(F)F. The van der Waals surface area contributed by atoms with Gasteiger partial charge in [0.25, 0.3) is 5.91 Å². The summed E-state index contributed by atoms with van der Waals surface area (Å²) in [7, 11) is 0. The Bertz CT molecular complexity index is 1100. The number of thiophene rings is 1. The van der Waals surface area contributed by atoms with Crippen molar-refractivity contribution < 1.29 is 26.7 Å². The predicted octanol–water partition coefficient (Wildman–Crippen LogP) is 5.79. The minimum absolute atomic E-state index is 0.159. The van der Waals surface area contributed by atoms with Crippen LogP contribution in [0.25, 0.3) is 0 Å². The predicted molar refractivity (Wildman–Crippen MR) is 102 cm³/mol. The summed E-state index contributed by atoms with van der Waals surface area (Å²) in [5.41, 5.74) is -0.871. The summed E-state index contributed by atoms with van der Waals surface area (Å²) >= 11 is 7.47. The van der Waals surface area contributed by atoms with Gasteiger partial charge in [0.05, 0.1) is 11.7 Å². The third-order valence-corrected chi connectivity index (χ3v) is 5.92. The lowest BCUT2D eigenvalue weighted by Gasteiger charge is -2.32. The van der Waals surface area contributed by atoms with Crippen LogP contribution in [0.15, 0.2) is 35.7 Å². The third kappa shape index (κ3) is 3.74. The fourth-order valence-electron chi connectivity index (χ4n) is 3.18. The molecule has 12 heteroatoms. The molecule has 1 aliphatic heterocycles. The van der Waals surface area contributed by atoms with Crippen LogP contribution in [0, 0.1) is 11.6 Å². The summed E-state index contributed by atoms with van der Waals surface area (Å²) in [6.07, 6.45) is -4.98. The van der Waals surface area contributed by atoms with E-state index < -0.39 is 41.5 Å². The zero-order valence-corrected chi connectivity index (χ0v) is 16.4. The number of rotatable bonds is 3. The normalized spacial score (nSPS) is 18.6. The van der Waals surface area contributed by atoms with Crippen molar-refractivity contribution in [1.29, 1.82) is 0 Å². The van der Waals surface area contributed by atoms with Crippen molar-refractivity contribution in [2.45, 2.75) is 24.7 Å². The number of carbonyl (C=O) groups excluding carboxylic acids is 1. The average molecular weight is 463 g/mol. The number of amides is 1. The number of nitrogens with zero attached hydrogens (tertiary/aromatic N) is 2. The molecule has 3 heterocycles. The number of aromatic nitrogens is 2. The summed E-state index contributed by atoms with van der Waals surface area (Å²) in [5.74, 6) is -3.08. The first-order valence-corrected chi connectivity index (χ1v) is 9.82. The number of fused-ring (bicyclic) bond motifs is 1. The van der Waals surface area contributed by atoms with Gasteiger partial charge in [-0.3, -0.25) is 4.79 Å². The fraction of sp³-hybridized carbons (Fsp3) is 0.222. The minimum atomic E-state index is -4.64. The van der Waals surface area contributed by atoms with E-state index in [0.29, 0.717) is 15.6 Å². The van der Waals surface area contributed by atoms with Crippen LogP contribution in [0.2, 0.25) is 5.02 Å². The van der Waals surface area contributed by atoms with Crippen LogP contribution in [-0.2, 0) is 0 Å². The second kappa shape index (κ2) is 7.55. The van der Waals surface area contributed by atoms with E-state index >= 15 is 0 Å². The molecule has 2 atom stereocenters. The van der Waals surface area contributed by atoms with Gasteiger partial charge in [0, 0.05) is 17.4 Å². The van der Waals surface area contributed by atoms with Crippen LogP contribution in [0.5, 0.6) is 0 Å². The molecular formula is C18H12ClF5N4OS. The number of halogens is 6. The molecule has 0 radical (unpaired) electrons. The van der Waals surface area contributed by atoms with Crippen molar-refractivity contribution in [2.75, 3.05) is 10.6 Å². The van der Waals surface area contributed by atoms with Gasteiger partial charge in [0.15, 0.2) is 11.7 Å². The van der Waals surface area contributed by atoms with Crippen molar-refractivity contribution in [2.24, 2.45) is 0 Å². The van der Waals surface area contributed by atoms with E-state index in [1.165, 1.54) is 11.3 Å². The Kier molecular flexibility index (Phi) is 5.18. The molecule has 5 nitrogen and oxygen atoms in total. The Morgan fingerprint density at radius 1 is 1.30 bits per heavy atom. The lowest BCUT2D eigenvalue weighted by atomic mass is 10.0. The molecule has 1 aromatic carbocycles. The molecule has 2 N–H and O–H groups in total. The quantitative estimate of drug-likeness (QED) is 0.484. The Morgan fingerprint density at radius 2 is 2.07 bits per heavy atom. The second-order valence-corrected chi connectivity index (χ2v) is 7.90. The highest BCUT2D eigenvalue weighted by Crippen LogP contribution is 2.46. The zero-order chi connectivity index (χ0) is 21.6. The highest BCUT2D eigenvalue weighted by atomic mass is 35.5. The van der Waals surface area contributed by atoms with Gasteiger partial charge < -0.3 is 10.6 Å². The Hall–Kier alpha value is -2.66. The van der Waals surface area contributed by atoms with Crippen LogP contribution in [0.1, 0.15) is 33.9 Å². The largest absolute Gasteiger partial charge is 0.410 e. The zero-order valence-electron chi connectivity index (χ0n) is 14.8. The molecule has 4 rings (SSSR count). The van der Waals surface area contributed by atoms with Gasteiger partial charge in [0.1, 0.15) is 22.5 Å². The molecule has 0 saturated carbocycles. The summed E-state index contributed by atoms with van der Waals surface area (Å²) in [5, 5.41) is 10.2. The molecule has 3 aromatic rings. The molecule has 158 valence electrons. The monoisotopic (exact) mass is 462 g/mol. The average Bonchev–Trinajstić information content (AvgIpc) is 3.31. The molecule has 2 aromatic heterocycles. The maximum Gasteiger partial charge on any atom is 0.410 e. The first-order valence-electron chi connectivity index (χ1n) is 8.56. The number of hydrogen-bond donors (Lipinski definition) is 2. The highest BCUT2D eigenvalue weighted by Gasteiger charge is 2.48. The van der Waals surface area contributed by atoms with E-state index in [2.05, 4.69) is 15.7 Å². The highest BCUT2D eigenvalue weighted by molar-refractivity contribution is 7.10. The number of carbonyl (C=O) groups is 1. The Balaban J connectivity index is 1.70. The van der Waals surface area contributed by atoms with Crippen LogP contribution < -0.4 is 10.6 Å². The first kappa shape index (κ1) is 20.6. The third-order valence-electron chi connectivity index (χ3n) is 4.58. The standard InChI is InChI=1S/C18H12ClF5N4OS/c19-14-15(17(29)26-10-4-3-8(20)6-9(10)21)27-28-13(18(22,23)24)7-11(25-16(14)28)12-2-1-5-30-12/h1-6,11,13,25H,7H2,(H,26,29)/t11-,13+/m0/s1. The molecule has 0 aliphatic carbocycles. The molecule has 0 spiro atoms. The van der Waals surface area contributed by atoms with E-state index in [9.17, 15) is 26.7 Å². The van der Waals surface area contributed by atoms with E-state index in [1.54, 1.807) is 17.5 Å². The lowest BCUT2D eigenvalue weighted by molar-refractivity contribution is -0.173. The maximum absolute atomic E-state index is 13.8. The molecule has 30 heavy (non-hydrogen) atoms. The topological polar surface area (TPSA) is 59.0 Å². The van der Waals surface area contributed by atoms with Gasteiger partial charge in [-0.2, -0.15) is 18.3 Å². The number of nitrogens with one attached hydrogen (secondary N) is 2. The van der Waals surface area contributed by atoms with Gasteiger partial charge >= 0.3 is 6.18 Å². The number of benzene rings is 1. The number of hydrogen-bond acceptors (Lipinski definition) is 4. The molecule has 1 aliphatic rings. The van der Waals surface area contributed by atoms with E-state index in [1.807, 2.05) is 0 Å². The summed E-state index contributed by atoms with van der Waals surface area (Å²) in [4.78, 5) is 13.2. The summed E-state index contributed by atoms with van der Waals surface area (Å²) < 4.78 is 68.6. The smallest absolute Gasteiger partial charge is 0.361 e. The van der Waals surface area contributed by atoms with Crippen LogP contribution in [0.4, 0.5) is 33.5 Å².